The van der Waals surface area contributed by atoms with Gasteiger partial charge in [0.15, 0.2) is 0 Å². The molecule has 12 heteroatoms. The Morgan fingerprint density at radius 3 is 2.00 bits per heavy atom. The fraction of sp³-hybridized carbons (Fsp3) is 0.476. The van der Waals surface area contributed by atoms with Crippen molar-refractivity contribution in [2.45, 2.75) is 45.0 Å². The Balaban J connectivity index is 1.77. The van der Waals surface area contributed by atoms with Crippen LogP contribution in [0.5, 0.6) is 0 Å². The molecule has 33 heavy (non-hydrogen) atoms. The Morgan fingerprint density at radius 2 is 1.52 bits per heavy atom. The summed E-state index contributed by atoms with van der Waals surface area (Å²) in [6, 6.07) is 0.503. The highest BCUT2D eigenvalue weighted by Crippen LogP contribution is 2.54. The molecule has 0 aromatic heterocycles. The van der Waals surface area contributed by atoms with Crippen molar-refractivity contribution < 1.29 is 50.2 Å². The molecule has 1 aromatic carbocycles. The first-order chi connectivity index (χ1) is 15.0. The summed E-state index contributed by atoms with van der Waals surface area (Å²) in [5, 5.41) is 0. The van der Waals surface area contributed by atoms with Crippen LogP contribution in [0.4, 0.5) is 32.0 Å². The van der Waals surface area contributed by atoms with Gasteiger partial charge >= 0.3 is 18.3 Å². The van der Waals surface area contributed by atoms with E-state index in [9.17, 15) is 40.7 Å². The number of hydrogen-bond donors (Lipinski definition) is 0. The molecule has 0 aliphatic carbocycles. The Morgan fingerprint density at radius 1 is 0.970 bits per heavy atom. The number of carbonyl (C=O) groups is 3. The summed E-state index contributed by atoms with van der Waals surface area (Å²) in [6.45, 7) is 4.59. The van der Waals surface area contributed by atoms with Crippen molar-refractivity contribution in [3.05, 3.63) is 41.5 Å². The van der Waals surface area contributed by atoms with E-state index in [4.69, 9.17) is 9.47 Å². The van der Waals surface area contributed by atoms with Gasteiger partial charge in [-0.1, -0.05) is 6.08 Å². The third kappa shape index (κ3) is 3.60. The van der Waals surface area contributed by atoms with E-state index in [1.165, 1.54) is 32.9 Å². The van der Waals surface area contributed by atoms with Crippen LogP contribution in [0.2, 0.25) is 0 Å². The standard InChI is InChI=1S/C21H17F6NO5/c1-18(2,3)17(31)33-19-5-4-12(32-19)13-14(19)16(30)28(15(13)29)11-7-9(20(22,23)24)6-10(8-11)21(25,26)27/h4-8,12-14H,1-3H3/t12-,13-,14-,19+/m1/s1. The van der Waals surface area contributed by atoms with Crippen LogP contribution in [0.1, 0.15) is 31.9 Å². The number of alkyl halides is 6. The van der Waals surface area contributed by atoms with Gasteiger partial charge in [0.1, 0.15) is 5.92 Å². The highest BCUT2D eigenvalue weighted by Gasteiger charge is 2.70. The molecular formula is C21H17F6NO5. The Labute approximate surface area is 183 Å². The molecule has 3 aliphatic heterocycles. The molecule has 6 nitrogen and oxygen atoms in total. The molecule has 0 saturated carbocycles. The Hall–Kier alpha value is -2.89. The number of hydrogen-bond acceptors (Lipinski definition) is 5. The van der Waals surface area contributed by atoms with Gasteiger partial charge in [0.05, 0.1) is 34.3 Å². The molecule has 4 atom stereocenters. The number of halogens is 6. The second-order valence-corrected chi connectivity index (χ2v) is 9.08. The molecule has 2 amide bonds. The molecule has 2 bridgehead atoms. The van der Waals surface area contributed by atoms with Gasteiger partial charge in [-0.2, -0.15) is 26.3 Å². The smallest absolute Gasteiger partial charge is 0.416 e. The minimum Gasteiger partial charge on any atom is -0.428 e. The minimum atomic E-state index is -5.16. The maximum absolute atomic E-state index is 13.3. The Bertz CT molecular complexity index is 1050. The molecule has 1 aromatic rings. The van der Waals surface area contributed by atoms with Crippen molar-refractivity contribution >= 4 is 23.5 Å². The average molecular weight is 477 g/mol. The Kier molecular flexibility index (Phi) is 4.80. The summed E-state index contributed by atoms with van der Waals surface area (Å²) in [5.41, 5.74) is -5.23. The number of rotatable bonds is 2. The second-order valence-electron chi connectivity index (χ2n) is 9.08. The number of imide groups is 1. The lowest BCUT2D eigenvalue weighted by molar-refractivity contribution is -0.212. The highest BCUT2D eigenvalue weighted by atomic mass is 19.4. The van der Waals surface area contributed by atoms with Gasteiger partial charge in [-0.25, -0.2) is 4.90 Å². The zero-order valence-electron chi connectivity index (χ0n) is 17.4. The van der Waals surface area contributed by atoms with E-state index in [1.54, 1.807) is 0 Å². The van der Waals surface area contributed by atoms with E-state index < -0.39 is 76.1 Å². The van der Waals surface area contributed by atoms with Gasteiger partial charge in [-0.05, 0) is 45.0 Å². The maximum atomic E-state index is 13.3. The van der Waals surface area contributed by atoms with Crippen LogP contribution in [-0.4, -0.2) is 29.7 Å². The molecular weight excluding hydrogens is 460 g/mol. The lowest BCUT2D eigenvalue weighted by atomic mass is 9.82. The first-order valence-electron chi connectivity index (χ1n) is 9.74. The summed E-state index contributed by atoms with van der Waals surface area (Å²) < 4.78 is 90.5. The summed E-state index contributed by atoms with van der Waals surface area (Å²) in [7, 11) is 0. The van der Waals surface area contributed by atoms with Gasteiger partial charge < -0.3 is 9.47 Å². The number of amides is 2. The lowest BCUT2D eigenvalue weighted by Crippen LogP contribution is -2.46. The zero-order chi connectivity index (χ0) is 24.7. The molecule has 0 spiro atoms. The van der Waals surface area contributed by atoms with E-state index in [-0.39, 0.29) is 11.0 Å². The molecule has 3 heterocycles. The predicted octanol–water partition coefficient (Wildman–Crippen LogP) is 4.08. The first-order valence-corrected chi connectivity index (χ1v) is 9.74. The molecule has 0 unspecified atom stereocenters. The number of carbonyl (C=O) groups excluding carboxylic acids is 3. The summed E-state index contributed by atoms with van der Waals surface area (Å²) in [4.78, 5) is 38.9. The van der Waals surface area contributed by atoms with Crippen LogP contribution >= 0.6 is 0 Å². The number of esters is 1. The highest BCUT2D eigenvalue weighted by molar-refractivity contribution is 6.23. The summed E-state index contributed by atoms with van der Waals surface area (Å²) >= 11 is 0. The average Bonchev–Trinajstić information content (AvgIpc) is 3.29. The topological polar surface area (TPSA) is 72.9 Å². The van der Waals surface area contributed by atoms with E-state index in [2.05, 4.69) is 0 Å². The number of fused-ring (bicyclic) bond motifs is 5. The summed E-state index contributed by atoms with van der Waals surface area (Å²) in [5.74, 6) is -7.62. The largest absolute Gasteiger partial charge is 0.428 e. The zero-order valence-corrected chi connectivity index (χ0v) is 17.4. The van der Waals surface area contributed by atoms with Crippen LogP contribution in [0, 0.1) is 17.3 Å². The van der Waals surface area contributed by atoms with Crippen LogP contribution in [0.3, 0.4) is 0 Å². The number of nitrogens with zero attached hydrogens (tertiary/aromatic N) is 1. The maximum Gasteiger partial charge on any atom is 0.416 e. The number of anilines is 1. The predicted molar refractivity (Wildman–Crippen MR) is 98.2 cm³/mol. The first kappa shape index (κ1) is 23.3. The van der Waals surface area contributed by atoms with Crippen molar-refractivity contribution in [1.29, 1.82) is 0 Å². The van der Waals surface area contributed by atoms with Crippen LogP contribution in [0.25, 0.3) is 0 Å². The molecule has 0 radical (unpaired) electrons. The van der Waals surface area contributed by atoms with Crippen LogP contribution in [-0.2, 0) is 36.2 Å². The molecule has 2 fully saturated rings. The van der Waals surface area contributed by atoms with Crippen molar-refractivity contribution in [3.8, 4) is 0 Å². The SMILES string of the molecule is CC(C)(C)C(=O)O[C@]12C=C[C@@H](O1)[C@H]1C(=O)N(c3cc(C(F)(F)F)cc(C(F)(F)F)c3)C(=O)[C@@H]12. The van der Waals surface area contributed by atoms with Crippen molar-refractivity contribution in [2.24, 2.45) is 17.3 Å². The van der Waals surface area contributed by atoms with Crippen molar-refractivity contribution in [3.63, 3.8) is 0 Å². The van der Waals surface area contributed by atoms with E-state index in [0.29, 0.717) is 12.1 Å². The van der Waals surface area contributed by atoms with E-state index >= 15 is 0 Å². The van der Waals surface area contributed by atoms with E-state index in [0.717, 1.165) is 0 Å². The van der Waals surface area contributed by atoms with Gasteiger partial charge in [0.2, 0.25) is 17.6 Å². The molecule has 2 saturated heterocycles. The molecule has 0 N–H and O–H groups in total. The van der Waals surface area contributed by atoms with Gasteiger partial charge in [0.25, 0.3) is 0 Å². The third-order valence-corrected chi connectivity index (χ3v) is 5.67. The normalized spacial score (nSPS) is 29.1. The van der Waals surface area contributed by atoms with Crippen molar-refractivity contribution in [1.82, 2.24) is 0 Å². The van der Waals surface area contributed by atoms with Gasteiger partial charge in [0, 0.05) is 0 Å². The minimum absolute atomic E-state index is 0.101. The fourth-order valence-electron chi connectivity index (χ4n) is 4.08. The second kappa shape index (κ2) is 6.81. The fourth-order valence-corrected chi connectivity index (χ4v) is 4.08. The number of benzene rings is 1. The van der Waals surface area contributed by atoms with Crippen LogP contribution < -0.4 is 4.90 Å². The molecule has 178 valence electrons. The van der Waals surface area contributed by atoms with Gasteiger partial charge in [-0.3, -0.25) is 14.4 Å². The van der Waals surface area contributed by atoms with Crippen molar-refractivity contribution in [2.75, 3.05) is 4.90 Å². The van der Waals surface area contributed by atoms with Crippen LogP contribution in [0.15, 0.2) is 30.4 Å². The molecule has 3 aliphatic rings. The lowest BCUT2D eigenvalue weighted by Gasteiger charge is -2.31. The van der Waals surface area contributed by atoms with Gasteiger partial charge in [-0.15, -0.1) is 0 Å². The monoisotopic (exact) mass is 477 g/mol. The quantitative estimate of drug-likeness (QED) is 0.278. The summed E-state index contributed by atoms with van der Waals surface area (Å²) in [6.07, 6.45) is -8.71. The third-order valence-electron chi connectivity index (χ3n) is 5.67. The number of ether oxygens (including phenoxy) is 2. The molecule has 4 rings (SSSR count). The van der Waals surface area contributed by atoms with E-state index in [1.807, 2.05) is 0 Å².